The van der Waals surface area contributed by atoms with Crippen molar-refractivity contribution in [3.05, 3.63) is 128 Å². The number of nitrogens with one attached hydrogen (secondary N) is 1. The van der Waals surface area contributed by atoms with E-state index in [0.29, 0.717) is 42.7 Å². The summed E-state index contributed by atoms with van der Waals surface area (Å²) in [4.78, 5) is 24.7. The molecule has 37 heavy (non-hydrogen) atoms. The molecule has 186 valence electrons. The van der Waals surface area contributed by atoms with Gasteiger partial charge in [0.05, 0.1) is 11.8 Å². The second kappa shape index (κ2) is 12.5. The highest BCUT2D eigenvalue weighted by molar-refractivity contribution is 9.10. The molecule has 0 radical (unpaired) electrons. The molecule has 1 N–H and O–H groups in total. The first-order valence-corrected chi connectivity index (χ1v) is 12.5. The molecular formula is C28H19BrCl2N2O4. The molecule has 0 aromatic heterocycles. The lowest BCUT2D eigenvalue weighted by atomic mass is 10.2. The third-order valence-electron chi connectivity index (χ3n) is 5.09. The Hall–Kier alpha value is -3.65. The second-order valence-electron chi connectivity index (χ2n) is 7.69. The molecule has 1 amide bonds. The van der Waals surface area contributed by atoms with Crippen molar-refractivity contribution in [2.24, 2.45) is 5.10 Å². The van der Waals surface area contributed by atoms with Gasteiger partial charge in [0.25, 0.3) is 5.91 Å². The molecule has 0 saturated carbocycles. The van der Waals surface area contributed by atoms with E-state index in [2.05, 4.69) is 26.5 Å². The number of benzene rings is 4. The Bertz CT molecular complexity index is 1440. The molecule has 0 saturated heterocycles. The topological polar surface area (TPSA) is 77.0 Å². The van der Waals surface area contributed by atoms with E-state index in [9.17, 15) is 9.59 Å². The zero-order chi connectivity index (χ0) is 26.2. The molecule has 0 fully saturated rings. The number of esters is 1. The maximum Gasteiger partial charge on any atom is 0.344 e. The van der Waals surface area contributed by atoms with E-state index in [-0.39, 0.29) is 12.5 Å². The minimum Gasteiger partial charge on any atom is -0.489 e. The van der Waals surface area contributed by atoms with Crippen molar-refractivity contribution in [3.63, 3.8) is 0 Å². The molecule has 0 aliphatic carbocycles. The van der Waals surface area contributed by atoms with Crippen LogP contribution in [-0.4, -0.2) is 18.1 Å². The zero-order valence-corrected chi connectivity index (χ0v) is 22.3. The summed E-state index contributed by atoms with van der Waals surface area (Å²) in [5.41, 5.74) is 4.85. The SMILES string of the molecule is O=C(N/N=C/c1ccc(OC(=O)c2ccccc2Br)cc1)c1ccc(OCc2ccc(Cl)cc2Cl)cc1. The smallest absolute Gasteiger partial charge is 0.344 e. The minimum atomic E-state index is -0.466. The molecule has 4 aromatic rings. The van der Waals surface area contributed by atoms with Crippen molar-refractivity contribution in [1.29, 1.82) is 0 Å². The minimum absolute atomic E-state index is 0.271. The number of ether oxygens (including phenoxy) is 2. The number of nitrogens with zero attached hydrogens (tertiary/aromatic N) is 1. The van der Waals surface area contributed by atoms with Crippen LogP contribution in [0.4, 0.5) is 0 Å². The van der Waals surface area contributed by atoms with Gasteiger partial charge in [-0.25, -0.2) is 10.2 Å². The predicted octanol–water partition coefficient (Wildman–Crippen LogP) is 7.32. The molecule has 0 heterocycles. The summed E-state index contributed by atoms with van der Waals surface area (Å²) >= 11 is 15.4. The van der Waals surface area contributed by atoms with Crippen LogP contribution in [-0.2, 0) is 6.61 Å². The molecule has 9 heteroatoms. The van der Waals surface area contributed by atoms with Crippen LogP contribution in [0.2, 0.25) is 10.0 Å². The summed E-state index contributed by atoms with van der Waals surface area (Å²) in [7, 11) is 0. The third-order valence-corrected chi connectivity index (χ3v) is 6.37. The first kappa shape index (κ1) is 26.4. The third kappa shape index (κ3) is 7.43. The van der Waals surface area contributed by atoms with Crippen molar-refractivity contribution in [3.8, 4) is 11.5 Å². The molecule has 0 atom stereocenters. The van der Waals surface area contributed by atoms with Gasteiger partial charge in [-0.3, -0.25) is 4.79 Å². The van der Waals surface area contributed by atoms with Gasteiger partial charge in [0.2, 0.25) is 0 Å². The van der Waals surface area contributed by atoms with Crippen LogP contribution in [0.5, 0.6) is 11.5 Å². The second-order valence-corrected chi connectivity index (χ2v) is 9.38. The first-order valence-electron chi connectivity index (χ1n) is 11.0. The van der Waals surface area contributed by atoms with Crippen molar-refractivity contribution < 1.29 is 19.1 Å². The van der Waals surface area contributed by atoms with E-state index in [1.54, 1.807) is 84.9 Å². The first-order chi connectivity index (χ1) is 17.9. The maximum absolute atomic E-state index is 12.4. The Balaban J connectivity index is 1.27. The van der Waals surface area contributed by atoms with E-state index >= 15 is 0 Å². The number of carbonyl (C=O) groups excluding carboxylic acids is 2. The summed E-state index contributed by atoms with van der Waals surface area (Å²) in [5.74, 6) is 0.142. The van der Waals surface area contributed by atoms with Gasteiger partial charge in [0.1, 0.15) is 18.1 Å². The van der Waals surface area contributed by atoms with Gasteiger partial charge in [-0.15, -0.1) is 0 Å². The average Bonchev–Trinajstić information content (AvgIpc) is 2.89. The molecule has 0 spiro atoms. The lowest BCUT2D eigenvalue weighted by Crippen LogP contribution is -2.17. The maximum atomic E-state index is 12.4. The normalized spacial score (nSPS) is 10.8. The molecule has 0 bridgehead atoms. The van der Waals surface area contributed by atoms with Crippen LogP contribution in [0.3, 0.4) is 0 Å². The summed E-state index contributed by atoms with van der Waals surface area (Å²) in [5, 5.41) is 5.07. The molecule has 6 nitrogen and oxygen atoms in total. The predicted molar refractivity (Wildman–Crippen MR) is 148 cm³/mol. The zero-order valence-electron chi connectivity index (χ0n) is 19.2. The van der Waals surface area contributed by atoms with Gasteiger partial charge in [-0.05, 0) is 94.3 Å². The number of hydrogen-bond acceptors (Lipinski definition) is 5. The standard InChI is InChI=1S/C28H19BrCl2N2O4/c29-25-4-2-1-3-24(25)28(35)37-23-11-5-18(6-12-23)16-32-33-27(34)19-8-13-22(14-9-19)36-17-20-7-10-21(30)15-26(20)31/h1-16H,17H2,(H,33,34)/b32-16+. The van der Waals surface area contributed by atoms with Crippen LogP contribution in [0, 0.1) is 0 Å². The average molecular weight is 598 g/mol. The number of hydrazone groups is 1. The van der Waals surface area contributed by atoms with Gasteiger partial charge in [0, 0.05) is 25.6 Å². The van der Waals surface area contributed by atoms with Crippen LogP contribution in [0.25, 0.3) is 0 Å². The largest absolute Gasteiger partial charge is 0.489 e. The molecule has 4 rings (SSSR count). The highest BCUT2D eigenvalue weighted by Crippen LogP contribution is 2.23. The van der Waals surface area contributed by atoms with Gasteiger partial charge >= 0.3 is 5.97 Å². The van der Waals surface area contributed by atoms with E-state index in [1.807, 2.05) is 6.07 Å². The van der Waals surface area contributed by atoms with Crippen molar-refractivity contribution in [2.45, 2.75) is 6.61 Å². The summed E-state index contributed by atoms with van der Waals surface area (Å²) in [6.07, 6.45) is 1.49. The van der Waals surface area contributed by atoms with Gasteiger partial charge in [0.15, 0.2) is 0 Å². The van der Waals surface area contributed by atoms with Crippen LogP contribution >= 0.6 is 39.1 Å². The lowest BCUT2D eigenvalue weighted by molar-refractivity contribution is 0.0733. The Morgan fingerprint density at radius 1 is 0.892 bits per heavy atom. The van der Waals surface area contributed by atoms with Crippen LogP contribution in [0.15, 0.2) is 101 Å². The Morgan fingerprint density at radius 3 is 2.30 bits per heavy atom. The highest BCUT2D eigenvalue weighted by Gasteiger charge is 2.12. The molecule has 4 aromatic carbocycles. The van der Waals surface area contributed by atoms with Crippen LogP contribution < -0.4 is 14.9 Å². The van der Waals surface area contributed by atoms with E-state index < -0.39 is 5.97 Å². The van der Waals surface area contributed by atoms with Crippen molar-refractivity contribution in [1.82, 2.24) is 5.43 Å². The fraction of sp³-hybridized carbons (Fsp3) is 0.0357. The highest BCUT2D eigenvalue weighted by atomic mass is 79.9. The molecule has 0 aliphatic heterocycles. The Kier molecular flexibility index (Phi) is 8.95. The quantitative estimate of drug-likeness (QED) is 0.0999. The molecular weight excluding hydrogens is 579 g/mol. The number of halogens is 3. The fourth-order valence-electron chi connectivity index (χ4n) is 3.14. The Morgan fingerprint density at radius 2 is 1.59 bits per heavy atom. The van der Waals surface area contributed by atoms with E-state index in [0.717, 1.165) is 5.56 Å². The molecule has 0 unspecified atom stereocenters. The van der Waals surface area contributed by atoms with Crippen molar-refractivity contribution in [2.75, 3.05) is 0 Å². The number of rotatable bonds is 8. The monoisotopic (exact) mass is 596 g/mol. The summed E-state index contributed by atoms with van der Waals surface area (Å²) < 4.78 is 11.8. The summed E-state index contributed by atoms with van der Waals surface area (Å²) in [6, 6.07) is 25.6. The lowest BCUT2D eigenvalue weighted by Gasteiger charge is -2.08. The van der Waals surface area contributed by atoms with Gasteiger partial charge < -0.3 is 9.47 Å². The molecule has 0 aliphatic rings. The summed E-state index contributed by atoms with van der Waals surface area (Å²) in [6.45, 7) is 0.271. The fourth-order valence-corrected chi connectivity index (χ4v) is 4.05. The Labute approximate surface area is 232 Å². The number of carbonyl (C=O) groups is 2. The van der Waals surface area contributed by atoms with E-state index in [1.165, 1.54) is 6.21 Å². The van der Waals surface area contributed by atoms with Crippen LogP contribution in [0.1, 0.15) is 31.8 Å². The number of hydrogen-bond donors (Lipinski definition) is 1. The van der Waals surface area contributed by atoms with Gasteiger partial charge in [-0.2, -0.15) is 5.10 Å². The van der Waals surface area contributed by atoms with E-state index in [4.69, 9.17) is 32.7 Å². The van der Waals surface area contributed by atoms with Gasteiger partial charge in [-0.1, -0.05) is 41.4 Å². The number of amides is 1. The van der Waals surface area contributed by atoms with Crippen molar-refractivity contribution >= 4 is 57.2 Å².